The van der Waals surface area contributed by atoms with Gasteiger partial charge in [0.25, 0.3) is 0 Å². The SMILES string of the molecule is CC(C)(C)c1ccc(-c2cccc(O)c2)c(C(C)(C)C)c1. The van der Waals surface area contributed by atoms with Crippen molar-refractivity contribution in [1.82, 2.24) is 0 Å². The molecule has 21 heavy (non-hydrogen) atoms. The van der Waals surface area contributed by atoms with Crippen LogP contribution in [0.1, 0.15) is 52.7 Å². The lowest BCUT2D eigenvalue weighted by Gasteiger charge is -2.27. The first-order valence-electron chi connectivity index (χ1n) is 7.53. The fraction of sp³-hybridized carbons (Fsp3) is 0.400. The van der Waals surface area contributed by atoms with Gasteiger partial charge in [-0.25, -0.2) is 0 Å². The molecule has 112 valence electrons. The number of benzene rings is 2. The maximum Gasteiger partial charge on any atom is 0.116 e. The first-order chi connectivity index (χ1) is 9.59. The molecular weight excluding hydrogens is 256 g/mol. The highest BCUT2D eigenvalue weighted by atomic mass is 16.3. The molecule has 1 N–H and O–H groups in total. The largest absolute Gasteiger partial charge is 0.508 e. The Bertz CT molecular complexity index is 640. The summed E-state index contributed by atoms with van der Waals surface area (Å²) in [6.07, 6.45) is 0. The molecule has 0 spiro atoms. The molecule has 0 aliphatic rings. The molecule has 0 radical (unpaired) electrons. The van der Waals surface area contributed by atoms with Crippen molar-refractivity contribution in [3.63, 3.8) is 0 Å². The molecule has 2 aromatic rings. The third-order valence-corrected chi connectivity index (χ3v) is 3.85. The summed E-state index contributed by atoms with van der Waals surface area (Å²) in [7, 11) is 0. The molecule has 0 saturated carbocycles. The van der Waals surface area contributed by atoms with Crippen LogP contribution in [0.5, 0.6) is 5.75 Å². The third-order valence-electron chi connectivity index (χ3n) is 3.85. The molecule has 0 atom stereocenters. The van der Waals surface area contributed by atoms with E-state index in [1.165, 1.54) is 16.7 Å². The molecule has 1 heteroatoms. The minimum Gasteiger partial charge on any atom is -0.508 e. The fourth-order valence-corrected chi connectivity index (χ4v) is 2.56. The average molecular weight is 282 g/mol. The van der Waals surface area contributed by atoms with Gasteiger partial charge in [-0.3, -0.25) is 0 Å². The lowest BCUT2D eigenvalue weighted by atomic mass is 9.77. The van der Waals surface area contributed by atoms with Crippen LogP contribution in [0.25, 0.3) is 11.1 Å². The van der Waals surface area contributed by atoms with Crippen LogP contribution >= 0.6 is 0 Å². The molecule has 0 aliphatic carbocycles. The van der Waals surface area contributed by atoms with Crippen LogP contribution in [0.4, 0.5) is 0 Å². The minimum atomic E-state index is 0.0576. The lowest BCUT2D eigenvalue weighted by molar-refractivity contribution is 0.475. The Labute approximate surface area is 128 Å². The number of phenolic OH excluding ortho intramolecular Hbond substituents is 1. The first-order valence-corrected chi connectivity index (χ1v) is 7.53. The Morgan fingerprint density at radius 2 is 1.43 bits per heavy atom. The van der Waals surface area contributed by atoms with E-state index in [1.807, 2.05) is 12.1 Å². The normalized spacial score (nSPS) is 12.5. The molecule has 0 saturated heterocycles. The predicted octanol–water partition coefficient (Wildman–Crippen LogP) is 5.65. The molecule has 0 aliphatic heterocycles. The van der Waals surface area contributed by atoms with E-state index in [2.05, 4.69) is 65.8 Å². The van der Waals surface area contributed by atoms with Crippen molar-refractivity contribution in [2.75, 3.05) is 0 Å². The molecule has 0 aromatic heterocycles. The molecule has 0 fully saturated rings. The van der Waals surface area contributed by atoms with Gasteiger partial charge in [-0.2, -0.15) is 0 Å². The average Bonchev–Trinajstić information content (AvgIpc) is 2.36. The fourth-order valence-electron chi connectivity index (χ4n) is 2.56. The molecular formula is C20H26O. The second-order valence-corrected chi connectivity index (χ2v) is 7.81. The van der Waals surface area contributed by atoms with Crippen molar-refractivity contribution in [3.05, 3.63) is 53.6 Å². The van der Waals surface area contributed by atoms with Crippen LogP contribution in [-0.2, 0) is 10.8 Å². The second kappa shape index (κ2) is 5.22. The highest BCUT2D eigenvalue weighted by Crippen LogP contribution is 2.37. The van der Waals surface area contributed by atoms with Crippen LogP contribution in [-0.4, -0.2) is 5.11 Å². The summed E-state index contributed by atoms with van der Waals surface area (Å²) in [5.74, 6) is 0.312. The summed E-state index contributed by atoms with van der Waals surface area (Å²) in [4.78, 5) is 0. The summed E-state index contributed by atoms with van der Waals surface area (Å²) >= 11 is 0. The molecule has 0 amide bonds. The van der Waals surface area contributed by atoms with Crippen molar-refractivity contribution in [3.8, 4) is 16.9 Å². The van der Waals surface area contributed by atoms with E-state index in [9.17, 15) is 5.11 Å². The quantitative estimate of drug-likeness (QED) is 0.716. The van der Waals surface area contributed by atoms with Crippen LogP contribution < -0.4 is 0 Å². The van der Waals surface area contributed by atoms with Gasteiger partial charge in [-0.15, -0.1) is 0 Å². The molecule has 1 nitrogen and oxygen atoms in total. The van der Waals surface area contributed by atoms with E-state index in [4.69, 9.17) is 0 Å². The minimum absolute atomic E-state index is 0.0576. The van der Waals surface area contributed by atoms with Gasteiger partial charge in [0.05, 0.1) is 0 Å². The van der Waals surface area contributed by atoms with Crippen molar-refractivity contribution in [2.24, 2.45) is 0 Å². The molecule has 0 unspecified atom stereocenters. The van der Waals surface area contributed by atoms with Crippen molar-refractivity contribution < 1.29 is 5.11 Å². The van der Waals surface area contributed by atoms with Crippen LogP contribution in [0.2, 0.25) is 0 Å². The zero-order valence-corrected chi connectivity index (χ0v) is 14.0. The number of phenols is 1. The Morgan fingerprint density at radius 3 is 1.95 bits per heavy atom. The van der Waals surface area contributed by atoms with E-state index in [0.717, 1.165) is 5.56 Å². The van der Waals surface area contributed by atoms with Gasteiger partial charge >= 0.3 is 0 Å². The van der Waals surface area contributed by atoms with Crippen molar-refractivity contribution in [1.29, 1.82) is 0 Å². The van der Waals surface area contributed by atoms with Gasteiger partial charge in [0.15, 0.2) is 0 Å². The van der Waals surface area contributed by atoms with E-state index >= 15 is 0 Å². The number of hydrogen-bond acceptors (Lipinski definition) is 1. The van der Waals surface area contributed by atoms with Gasteiger partial charge in [0, 0.05) is 0 Å². The summed E-state index contributed by atoms with van der Waals surface area (Å²) in [6.45, 7) is 13.4. The maximum atomic E-state index is 9.75. The monoisotopic (exact) mass is 282 g/mol. The summed E-state index contributed by atoms with van der Waals surface area (Å²) in [6, 6.07) is 14.2. The lowest BCUT2D eigenvalue weighted by Crippen LogP contribution is -2.17. The number of aromatic hydroxyl groups is 1. The smallest absolute Gasteiger partial charge is 0.116 e. The van der Waals surface area contributed by atoms with Crippen LogP contribution in [0.3, 0.4) is 0 Å². The Balaban J connectivity index is 2.67. The molecule has 2 aromatic carbocycles. The number of rotatable bonds is 1. The van der Waals surface area contributed by atoms with E-state index in [1.54, 1.807) is 6.07 Å². The highest BCUT2D eigenvalue weighted by molar-refractivity contribution is 5.70. The van der Waals surface area contributed by atoms with Gasteiger partial charge < -0.3 is 5.11 Å². The van der Waals surface area contributed by atoms with Gasteiger partial charge in [0.2, 0.25) is 0 Å². The van der Waals surface area contributed by atoms with Crippen molar-refractivity contribution >= 4 is 0 Å². The van der Waals surface area contributed by atoms with Gasteiger partial charge in [-0.05, 0) is 45.2 Å². The zero-order valence-electron chi connectivity index (χ0n) is 14.0. The van der Waals surface area contributed by atoms with Gasteiger partial charge in [0.1, 0.15) is 5.75 Å². The summed E-state index contributed by atoms with van der Waals surface area (Å²) < 4.78 is 0. The maximum absolute atomic E-state index is 9.75. The Hall–Kier alpha value is -1.76. The van der Waals surface area contributed by atoms with E-state index in [0.29, 0.717) is 5.75 Å². The topological polar surface area (TPSA) is 20.2 Å². The van der Waals surface area contributed by atoms with Crippen LogP contribution in [0.15, 0.2) is 42.5 Å². The molecule has 2 rings (SSSR count). The van der Waals surface area contributed by atoms with E-state index < -0.39 is 0 Å². The second-order valence-electron chi connectivity index (χ2n) is 7.81. The van der Waals surface area contributed by atoms with Gasteiger partial charge in [-0.1, -0.05) is 71.9 Å². The molecule has 0 heterocycles. The third kappa shape index (κ3) is 3.47. The zero-order chi connectivity index (χ0) is 15.8. The Morgan fingerprint density at radius 1 is 0.762 bits per heavy atom. The number of hydrogen-bond donors (Lipinski definition) is 1. The standard InChI is InChI=1S/C20H26O/c1-19(2,3)15-10-11-17(18(13-15)20(4,5)6)14-8-7-9-16(21)12-14/h7-13,21H,1-6H3. The van der Waals surface area contributed by atoms with Crippen molar-refractivity contribution in [2.45, 2.75) is 52.4 Å². The summed E-state index contributed by atoms with van der Waals surface area (Å²) in [5, 5.41) is 9.75. The van der Waals surface area contributed by atoms with E-state index in [-0.39, 0.29) is 10.8 Å². The molecule has 0 bridgehead atoms. The first kappa shape index (κ1) is 15.6. The Kier molecular flexibility index (Phi) is 3.88. The highest BCUT2D eigenvalue weighted by Gasteiger charge is 2.22. The van der Waals surface area contributed by atoms with Crippen LogP contribution in [0, 0.1) is 0 Å². The predicted molar refractivity (Wildman–Crippen MR) is 90.9 cm³/mol. The summed E-state index contributed by atoms with van der Waals surface area (Å²) in [5.41, 5.74) is 5.13.